The maximum absolute atomic E-state index is 12.6. The molecule has 1 heterocycles. The maximum atomic E-state index is 12.6. The zero-order valence-corrected chi connectivity index (χ0v) is 14.1. The lowest BCUT2D eigenvalue weighted by atomic mass is 9.85. The number of anilines is 1. The number of carbonyl (C=O) groups is 2. The molecule has 2 aromatic rings. The summed E-state index contributed by atoms with van der Waals surface area (Å²) in [5.41, 5.74) is 0.825. The average Bonchev–Trinajstić information content (AvgIpc) is 2.78. The normalized spacial score (nSPS) is 19.8. The van der Waals surface area contributed by atoms with E-state index in [-0.39, 0.29) is 17.6 Å². The molecule has 1 aliphatic heterocycles. The van der Waals surface area contributed by atoms with Crippen LogP contribution in [0.2, 0.25) is 0 Å². The van der Waals surface area contributed by atoms with Crippen LogP contribution in [0.4, 0.5) is 5.69 Å². The van der Waals surface area contributed by atoms with Gasteiger partial charge >= 0.3 is 0 Å². The van der Waals surface area contributed by atoms with Gasteiger partial charge in [0.25, 0.3) is 5.91 Å². The Morgan fingerprint density at radius 3 is 2.33 bits per heavy atom. The van der Waals surface area contributed by atoms with Gasteiger partial charge in [0.05, 0.1) is 6.42 Å². The van der Waals surface area contributed by atoms with Gasteiger partial charge in [-0.05, 0) is 17.0 Å². The molecule has 0 bridgehead atoms. The lowest BCUT2D eigenvalue weighted by Crippen LogP contribution is -2.36. The average molecular weight is 323 g/mol. The molecule has 3 rings (SSSR count). The van der Waals surface area contributed by atoms with Gasteiger partial charge in [0.2, 0.25) is 0 Å². The van der Waals surface area contributed by atoms with Crippen molar-refractivity contribution in [3.63, 3.8) is 0 Å². The topological polar surface area (TPSA) is 66.4 Å². The number of hydrogen-bond acceptors (Lipinski definition) is 3. The summed E-state index contributed by atoms with van der Waals surface area (Å²) < 4.78 is 0. The molecular formula is C20H21NO3. The molecule has 0 spiro atoms. The highest BCUT2D eigenvalue weighted by molar-refractivity contribution is 6.09. The van der Waals surface area contributed by atoms with Crippen LogP contribution in [0, 0.1) is 0 Å². The van der Waals surface area contributed by atoms with E-state index < -0.39 is 11.5 Å². The molecule has 0 aliphatic carbocycles. The second kappa shape index (κ2) is 5.56. The van der Waals surface area contributed by atoms with E-state index in [0.717, 1.165) is 5.56 Å². The lowest BCUT2D eigenvalue weighted by molar-refractivity contribution is -0.133. The van der Waals surface area contributed by atoms with E-state index in [1.54, 1.807) is 36.4 Å². The van der Waals surface area contributed by atoms with Crippen LogP contribution < -0.4 is 5.32 Å². The number of fused-ring (bicyclic) bond motifs is 1. The van der Waals surface area contributed by atoms with Crippen molar-refractivity contribution in [3.05, 3.63) is 65.2 Å². The van der Waals surface area contributed by atoms with Gasteiger partial charge in [-0.2, -0.15) is 0 Å². The quantitative estimate of drug-likeness (QED) is 0.851. The van der Waals surface area contributed by atoms with Crippen LogP contribution >= 0.6 is 0 Å². The highest BCUT2D eigenvalue weighted by Gasteiger charge is 2.46. The van der Waals surface area contributed by atoms with Gasteiger partial charge in [-0.3, -0.25) is 9.59 Å². The summed E-state index contributed by atoms with van der Waals surface area (Å²) in [6.07, 6.45) is -0.273. The third-order valence-corrected chi connectivity index (χ3v) is 4.49. The van der Waals surface area contributed by atoms with Crippen molar-refractivity contribution >= 4 is 17.4 Å². The largest absolute Gasteiger partial charge is 0.375 e. The van der Waals surface area contributed by atoms with Crippen LogP contribution in [0.25, 0.3) is 0 Å². The van der Waals surface area contributed by atoms with Crippen molar-refractivity contribution in [2.45, 2.75) is 38.2 Å². The third kappa shape index (κ3) is 2.74. The van der Waals surface area contributed by atoms with Crippen molar-refractivity contribution in [2.24, 2.45) is 0 Å². The van der Waals surface area contributed by atoms with Crippen LogP contribution in [0.3, 0.4) is 0 Å². The van der Waals surface area contributed by atoms with E-state index in [0.29, 0.717) is 16.8 Å². The minimum atomic E-state index is -1.81. The summed E-state index contributed by atoms with van der Waals surface area (Å²) in [5.74, 6) is -0.812. The van der Waals surface area contributed by atoms with Crippen LogP contribution in [-0.2, 0) is 15.8 Å². The Labute approximate surface area is 141 Å². The Kier molecular flexibility index (Phi) is 3.80. The van der Waals surface area contributed by atoms with Gasteiger partial charge in [0.1, 0.15) is 0 Å². The maximum Gasteiger partial charge on any atom is 0.261 e. The minimum Gasteiger partial charge on any atom is -0.375 e. The molecule has 0 saturated carbocycles. The molecule has 24 heavy (non-hydrogen) atoms. The zero-order chi connectivity index (χ0) is 17.5. The number of hydrogen-bond donors (Lipinski definition) is 2. The second-order valence-corrected chi connectivity index (χ2v) is 7.29. The summed E-state index contributed by atoms with van der Waals surface area (Å²) in [6, 6.07) is 14.2. The van der Waals surface area contributed by atoms with Crippen molar-refractivity contribution in [2.75, 3.05) is 5.32 Å². The van der Waals surface area contributed by atoms with Crippen LogP contribution in [0.1, 0.15) is 48.7 Å². The molecule has 4 heteroatoms. The molecular weight excluding hydrogens is 302 g/mol. The molecule has 0 fully saturated rings. The molecule has 1 aliphatic rings. The van der Waals surface area contributed by atoms with E-state index >= 15 is 0 Å². The van der Waals surface area contributed by atoms with Crippen molar-refractivity contribution in [1.82, 2.24) is 0 Å². The second-order valence-electron chi connectivity index (χ2n) is 7.29. The Morgan fingerprint density at radius 1 is 1.08 bits per heavy atom. The number of amides is 1. The van der Waals surface area contributed by atoms with Gasteiger partial charge in [0.15, 0.2) is 11.4 Å². The van der Waals surface area contributed by atoms with E-state index in [1.807, 2.05) is 12.1 Å². The first-order valence-corrected chi connectivity index (χ1v) is 7.99. The van der Waals surface area contributed by atoms with E-state index in [2.05, 4.69) is 26.1 Å². The van der Waals surface area contributed by atoms with Gasteiger partial charge in [-0.25, -0.2) is 0 Å². The summed E-state index contributed by atoms with van der Waals surface area (Å²) in [6.45, 7) is 6.31. The van der Waals surface area contributed by atoms with Crippen molar-refractivity contribution < 1.29 is 14.7 Å². The third-order valence-electron chi connectivity index (χ3n) is 4.49. The number of Topliss-reactive ketones (excluding diaryl/α,β-unsaturated/α-hetero) is 1. The molecule has 1 atom stereocenters. The Morgan fingerprint density at radius 2 is 1.71 bits per heavy atom. The van der Waals surface area contributed by atoms with Crippen LogP contribution in [0.15, 0.2) is 48.5 Å². The number of nitrogens with one attached hydrogen (secondary N) is 1. The minimum absolute atomic E-state index is 0.00403. The first-order valence-electron chi connectivity index (χ1n) is 7.99. The van der Waals surface area contributed by atoms with Crippen molar-refractivity contribution in [3.8, 4) is 0 Å². The first kappa shape index (κ1) is 16.4. The summed E-state index contributed by atoms with van der Waals surface area (Å²) >= 11 is 0. The summed E-state index contributed by atoms with van der Waals surface area (Å²) in [7, 11) is 0. The van der Waals surface area contributed by atoms with Gasteiger partial charge in [-0.1, -0.05) is 63.2 Å². The Hall–Kier alpha value is -2.46. The fourth-order valence-corrected chi connectivity index (χ4v) is 2.97. The van der Waals surface area contributed by atoms with Gasteiger partial charge in [0, 0.05) is 16.8 Å². The highest BCUT2D eigenvalue weighted by Crippen LogP contribution is 2.38. The van der Waals surface area contributed by atoms with Gasteiger partial charge < -0.3 is 10.4 Å². The fraction of sp³-hybridized carbons (Fsp3) is 0.300. The molecule has 2 aromatic carbocycles. The molecule has 4 nitrogen and oxygen atoms in total. The van der Waals surface area contributed by atoms with Crippen molar-refractivity contribution in [1.29, 1.82) is 0 Å². The predicted octanol–water partition coefficient (Wildman–Crippen LogP) is 3.40. The highest BCUT2D eigenvalue weighted by atomic mass is 16.3. The number of benzene rings is 2. The number of para-hydroxylation sites is 1. The fourth-order valence-electron chi connectivity index (χ4n) is 2.97. The van der Waals surface area contributed by atoms with E-state index in [4.69, 9.17) is 0 Å². The van der Waals surface area contributed by atoms with Crippen LogP contribution in [-0.4, -0.2) is 16.8 Å². The summed E-state index contributed by atoms with van der Waals surface area (Å²) in [5, 5.41) is 13.4. The predicted molar refractivity (Wildman–Crippen MR) is 93.1 cm³/mol. The lowest BCUT2D eigenvalue weighted by Gasteiger charge is -2.21. The molecule has 1 amide bonds. The number of carbonyl (C=O) groups excluding carboxylic acids is 2. The molecule has 0 saturated heterocycles. The number of rotatable bonds is 3. The number of ketones is 1. The molecule has 0 aromatic heterocycles. The zero-order valence-electron chi connectivity index (χ0n) is 14.1. The SMILES string of the molecule is CC(C)(C)c1ccc(C(=O)C[C@@]2(O)C(=O)Nc3ccccc32)cc1. The summed E-state index contributed by atoms with van der Waals surface area (Å²) in [4.78, 5) is 24.8. The standard InChI is InChI=1S/C20H21NO3/c1-19(2,3)14-10-8-13(9-11-14)17(22)12-20(24)15-6-4-5-7-16(15)21-18(20)23/h4-11,24H,12H2,1-3H3,(H,21,23)/t20-/m0/s1. The molecule has 0 unspecified atom stereocenters. The number of aliphatic hydroxyl groups is 1. The molecule has 124 valence electrons. The molecule has 0 radical (unpaired) electrons. The van der Waals surface area contributed by atoms with E-state index in [9.17, 15) is 14.7 Å². The van der Waals surface area contributed by atoms with E-state index in [1.165, 1.54) is 0 Å². The van der Waals surface area contributed by atoms with Gasteiger partial charge in [-0.15, -0.1) is 0 Å². The Bertz CT molecular complexity index is 802. The Balaban J connectivity index is 1.86. The van der Waals surface area contributed by atoms with Crippen LogP contribution in [0.5, 0.6) is 0 Å². The molecule has 2 N–H and O–H groups in total. The smallest absolute Gasteiger partial charge is 0.261 e. The first-order chi connectivity index (χ1) is 11.2. The monoisotopic (exact) mass is 323 g/mol.